The van der Waals surface area contributed by atoms with Gasteiger partial charge in [0, 0.05) is 30.4 Å². The third-order valence-electron chi connectivity index (χ3n) is 5.54. The Kier molecular flexibility index (Phi) is 4.20. The molecule has 0 radical (unpaired) electrons. The fraction of sp³-hybridized carbons (Fsp3) is 0.217. The Hall–Kier alpha value is -3.34. The Morgan fingerprint density at radius 1 is 1.04 bits per heavy atom. The number of aromatic nitrogens is 1. The van der Waals surface area contributed by atoms with Crippen LogP contribution < -0.4 is 16.0 Å². The maximum Gasteiger partial charge on any atom is 0.252 e. The van der Waals surface area contributed by atoms with Crippen LogP contribution in [0.1, 0.15) is 33.9 Å². The zero-order valence-electron chi connectivity index (χ0n) is 15.5. The first kappa shape index (κ1) is 16.8. The van der Waals surface area contributed by atoms with Crippen molar-refractivity contribution in [2.75, 3.05) is 23.7 Å². The van der Waals surface area contributed by atoms with E-state index < -0.39 is 0 Å². The molecular formula is C23H22N4O. The highest BCUT2D eigenvalue weighted by Crippen LogP contribution is 2.33. The first-order chi connectivity index (χ1) is 13.8. The summed E-state index contributed by atoms with van der Waals surface area (Å²) in [6.07, 6.45) is 3.79. The Morgan fingerprint density at radius 2 is 1.86 bits per heavy atom. The average Bonchev–Trinajstić information content (AvgIpc) is 3.16. The van der Waals surface area contributed by atoms with Gasteiger partial charge in [0.1, 0.15) is 5.82 Å². The largest absolute Gasteiger partial charge is 0.380 e. The molecule has 1 aliphatic carbocycles. The summed E-state index contributed by atoms with van der Waals surface area (Å²) >= 11 is 0. The topological polar surface area (TPSA) is 66.0 Å². The lowest BCUT2D eigenvalue weighted by atomic mass is 9.99. The van der Waals surface area contributed by atoms with Crippen molar-refractivity contribution in [3.05, 3.63) is 77.5 Å². The minimum atomic E-state index is -0.0406. The molecule has 5 nitrogen and oxygen atoms in total. The number of carbonyl (C=O) groups is 1. The number of hydrogen-bond acceptors (Lipinski definition) is 4. The highest BCUT2D eigenvalue weighted by Gasteiger charge is 2.25. The molecule has 3 N–H and O–H groups in total. The molecule has 3 aromatic rings. The van der Waals surface area contributed by atoms with Gasteiger partial charge >= 0.3 is 0 Å². The van der Waals surface area contributed by atoms with Crippen LogP contribution in [0.15, 0.2) is 60.8 Å². The number of benzene rings is 2. The van der Waals surface area contributed by atoms with Crippen LogP contribution in [0, 0.1) is 0 Å². The van der Waals surface area contributed by atoms with Crippen molar-refractivity contribution in [1.82, 2.24) is 10.3 Å². The highest BCUT2D eigenvalue weighted by molar-refractivity contribution is 6.01. The number of anilines is 2. The predicted octanol–water partition coefficient (Wildman–Crippen LogP) is 4.00. The van der Waals surface area contributed by atoms with Gasteiger partial charge in [-0.05, 0) is 41.7 Å². The Balaban J connectivity index is 1.45. The standard InChI is InChI=1S/C23H22N4O/c28-23(27-20-10-9-15-5-1-2-7-18(15)20)19-8-4-3-6-17(19)16-13-21-22(26-14-16)25-12-11-24-21/h1-8,13-14,20,24H,9-12H2,(H,25,26)(H,27,28). The molecule has 2 heterocycles. The van der Waals surface area contributed by atoms with E-state index in [1.807, 2.05) is 36.5 Å². The van der Waals surface area contributed by atoms with Gasteiger partial charge in [0.25, 0.3) is 5.91 Å². The summed E-state index contributed by atoms with van der Waals surface area (Å²) < 4.78 is 0. The Bertz CT molecular complexity index is 1050. The Morgan fingerprint density at radius 3 is 2.82 bits per heavy atom. The molecule has 1 atom stereocenters. The van der Waals surface area contributed by atoms with E-state index in [0.29, 0.717) is 5.56 Å². The highest BCUT2D eigenvalue weighted by atomic mass is 16.1. The second-order valence-electron chi connectivity index (χ2n) is 7.28. The lowest BCUT2D eigenvalue weighted by Gasteiger charge is -2.20. The van der Waals surface area contributed by atoms with E-state index in [1.54, 1.807) is 0 Å². The molecule has 28 heavy (non-hydrogen) atoms. The maximum absolute atomic E-state index is 13.1. The maximum atomic E-state index is 13.1. The summed E-state index contributed by atoms with van der Waals surface area (Å²) in [5.41, 5.74) is 6.06. The number of pyridine rings is 1. The van der Waals surface area contributed by atoms with Crippen molar-refractivity contribution < 1.29 is 4.79 Å². The zero-order chi connectivity index (χ0) is 18.9. The smallest absolute Gasteiger partial charge is 0.252 e. The lowest BCUT2D eigenvalue weighted by molar-refractivity contribution is 0.0937. The van der Waals surface area contributed by atoms with Gasteiger partial charge in [-0.25, -0.2) is 4.98 Å². The minimum absolute atomic E-state index is 0.0406. The van der Waals surface area contributed by atoms with Gasteiger partial charge in [0.15, 0.2) is 0 Å². The van der Waals surface area contributed by atoms with Crippen LogP contribution in [0.5, 0.6) is 0 Å². The van der Waals surface area contributed by atoms with Gasteiger partial charge in [-0.15, -0.1) is 0 Å². The van der Waals surface area contributed by atoms with Crippen molar-refractivity contribution in [2.45, 2.75) is 18.9 Å². The van der Waals surface area contributed by atoms with Crippen LogP contribution in [0.4, 0.5) is 11.5 Å². The minimum Gasteiger partial charge on any atom is -0.380 e. The molecule has 1 aliphatic heterocycles. The summed E-state index contributed by atoms with van der Waals surface area (Å²) in [7, 11) is 0. The number of nitrogens with one attached hydrogen (secondary N) is 3. The monoisotopic (exact) mass is 370 g/mol. The predicted molar refractivity (Wildman–Crippen MR) is 112 cm³/mol. The van der Waals surface area contributed by atoms with Crippen molar-refractivity contribution in [3.63, 3.8) is 0 Å². The molecule has 0 fully saturated rings. The molecule has 0 spiro atoms. The number of rotatable bonds is 3. The number of hydrogen-bond donors (Lipinski definition) is 3. The first-order valence-electron chi connectivity index (χ1n) is 9.75. The normalized spacial score (nSPS) is 17.1. The zero-order valence-corrected chi connectivity index (χ0v) is 15.5. The van der Waals surface area contributed by atoms with E-state index in [9.17, 15) is 4.79 Å². The molecule has 1 amide bonds. The van der Waals surface area contributed by atoms with Crippen LogP contribution in [0.3, 0.4) is 0 Å². The summed E-state index contributed by atoms with van der Waals surface area (Å²) in [4.78, 5) is 17.7. The van der Waals surface area contributed by atoms with E-state index in [2.05, 4.69) is 45.2 Å². The van der Waals surface area contributed by atoms with Gasteiger partial charge in [0.05, 0.1) is 11.7 Å². The van der Waals surface area contributed by atoms with E-state index in [1.165, 1.54) is 11.1 Å². The third kappa shape index (κ3) is 2.99. The average molecular weight is 370 g/mol. The molecule has 1 aromatic heterocycles. The second kappa shape index (κ2) is 7.00. The number of amides is 1. The summed E-state index contributed by atoms with van der Waals surface area (Å²) in [6, 6.07) is 18.2. The van der Waals surface area contributed by atoms with Gasteiger partial charge < -0.3 is 16.0 Å². The van der Waals surface area contributed by atoms with Crippen molar-refractivity contribution >= 4 is 17.4 Å². The molecule has 2 aromatic carbocycles. The van der Waals surface area contributed by atoms with E-state index in [4.69, 9.17) is 0 Å². The first-order valence-corrected chi connectivity index (χ1v) is 9.75. The van der Waals surface area contributed by atoms with Crippen LogP contribution in [-0.4, -0.2) is 24.0 Å². The molecule has 140 valence electrons. The van der Waals surface area contributed by atoms with Gasteiger partial charge in [-0.2, -0.15) is 0 Å². The molecule has 0 saturated heterocycles. The summed E-state index contributed by atoms with van der Waals surface area (Å²) in [6.45, 7) is 1.72. The fourth-order valence-corrected chi connectivity index (χ4v) is 4.14. The van der Waals surface area contributed by atoms with E-state index in [0.717, 1.165) is 48.6 Å². The number of carbonyl (C=O) groups excluding carboxylic acids is 1. The van der Waals surface area contributed by atoms with E-state index in [-0.39, 0.29) is 11.9 Å². The van der Waals surface area contributed by atoms with Gasteiger partial charge in [0.2, 0.25) is 0 Å². The molecule has 5 rings (SSSR count). The van der Waals surface area contributed by atoms with E-state index >= 15 is 0 Å². The SMILES string of the molecule is O=C(NC1CCc2ccccc21)c1ccccc1-c1cnc2c(c1)NCCN2. The van der Waals surface area contributed by atoms with Crippen molar-refractivity contribution in [3.8, 4) is 11.1 Å². The third-order valence-corrected chi connectivity index (χ3v) is 5.54. The van der Waals surface area contributed by atoms with Crippen molar-refractivity contribution in [1.29, 1.82) is 0 Å². The number of fused-ring (bicyclic) bond motifs is 2. The lowest BCUT2D eigenvalue weighted by Crippen LogP contribution is -2.27. The summed E-state index contributed by atoms with van der Waals surface area (Å²) in [5, 5.41) is 9.89. The molecule has 0 bridgehead atoms. The molecule has 0 saturated carbocycles. The number of nitrogens with zero attached hydrogens (tertiary/aromatic N) is 1. The molecule has 5 heteroatoms. The van der Waals surface area contributed by atoms with Crippen molar-refractivity contribution in [2.24, 2.45) is 0 Å². The van der Waals surface area contributed by atoms with Gasteiger partial charge in [-0.1, -0.05) is 42.5 Å². The van der Waals surface area contributed by atoms with Crippen LogP contribution in [-0.2, 0) is 6.42 Å². The fourth-order valence-electron chi connectivity index (χ4n) is 4.14. The van der Waals surface area contributed by atoms with Crippen LogP contribution in [0.25, 0.3) is 11.1 Å². The van der Waals surface area contributed by atoms with Crippen LogP contribution >= 0.6 is 0 Å². The molecule has 1 unspecified atom stereocenters. The van der Waals surface area contributed by atoms with Gasteiger partial charge in [-0.3, -0.25) is 4.79 Å². The number of aryl methyl sites for hydroxylation is 1. The Labute approximate surface area is 164 Å². The molecular weight excluding hydrogens is 348 g/mol. The molecule has 2 aliphatic rings. The second-order valence-corrected chi connectivity index (χ2v) is 7.28. The van der Waals surface area contributed by atoms with Crippen LogP contribution in [0.2, 0.25) is 0 Å². The summed E-state index contributed by atoms with van der Waals surface area (Å²) in [5.74, 6) is 0.820. The quantitative estimate of drug-likeness (QED) is 0.652.